The Morgan fingerprint density at radius 1 is 1.00 bits per heavy atom. The van der Waals surface area contributed by atoms with Gasteiger partial charge in [-0.25, -0.2) is 13.2 Å². The van der Waals surface area contributed by atoms with Crippen LogP contribution in [0, 0.1) is 0 Å². The van der Waals surface area contributed by atoms with Gasteiger partial charge in [-0.3, -0.25) is 0 Å². The van der Waals surface area contributed by atoms with Crippen LogP contribution in [0.5, 0.6) is 0 Å². The predicted molar refractivity (Wildman–Crippen MR) is 21.3 cm³/mol. The molecule has 0 aliphatic rings. The zero-order valence-electron chi connectivity index (χ0n) is 4.72. The first-order chi connectivity index (χ1) is 4.76. The van der Waals surface area contributed by atoms with Gasteiger partial charge in [0, 0.05) is 0 Å². The lowest BCUT2D eigenvalue weighted by Gasteiger charge is -2.03. The van der Waals surface area contributed by atoms with E-state index >= 15 is 0 Å². The molecule has 0 nitrogen and oxygen atoms in total. The molecule has 0 N–H and O–H groups in total. The average molecular weight is 182 g/mol. The van der Waals surface area contributed by atoms with Gasteiger partial charge >= 0.3 is 6.18 Å². The summed E-state index contributed by atoms with van der Waals surface area (Å²) in [5.41, 5.74) is 0. The lowest BCUT2D eigenvalue weighted by atomic mass is 10.4. The summed E-state index contributed by atoms with van der Waals surface area (Å²) in [5, 5.41) is 0. The Bertz CT molecular complexity index is 164. The van der Waals surface area contributed by atoms with Crippen molar-refractivity contribution in [1.82, 2.24) is 0 Å². The van der Waals surface area contributed by atoms with Crippen LogP contribution in [0.3, 0.4) is 0 Å². The second-order valence-electron chi connectivity index (χ2n) is 1.46. The summed E-state index contributed by atoms with van der Waals surface area (Å²) in [6, 6.07) is 0. The Kier molecular flexibility index (Phi) is 2.89. The first-order valence-corrected chi connectivity index (χ1v) is 2.17. The Balaban J connectivity index is 4.67. The zero-order chi connectivity index (χ0) is 9.23. The van der Waals surface area contributed by atoms with Crippen molar-refractivity contribution < 1.29 is 30.7 Å². The Labute approximate surface area is 56.3 Å². The molecule has 7 heteroatoms. The van der Waals surface area contributed by atoms with Crippen LogP contribution in [-0.4, -0.2) is 12.6 Å². The summed E-state index contributed by atoms with van der Waals surface area (Å²) in [6.45, 7) is 0. The number of hydrogen-bond donors (Lipinski definition) is 0. The van der Waals surface area contributed by atoms with Gasteiger partial charge in [-0.05, 0) is 0 Å². The number of hydrogen-bond acceptors (Lipinski definition) is 0. The summed E-state index contributed by atoms with van der Waals surface area (Å²) in [5.74, 6) is -6.47. The lowest BCUT2D eigenvalue weighted by Crippen LogP contribution is -2.12. The molecule has 0 aliphatic heterocycles. The molecule has 0 saturated heterocycles. The molecule has 0 saturated carbocycles. The molecule has 0 aromatic rings. The van der Waals surface area contributed by atoms with Crippen molar-refractivity contribution >= 4 is 0 Å². The van der Waals surface area contributed by atoms with E-state index in [0.29, 0.717) is 0 Å². The van der Waals surface area contributed by atoms with Gasteiger partial charge in [0.05, 0.1) is 0 Å². The lowest BCUT2D eigenvalue weighted by molar-refractivity contribution is -0.113. The molecule has 0 bridgehead atoms. The molecule has 0 aromatic heterocycles. The molecular weight excluding hydrogens is 181 g/mol. The molecule has 0 radical (unpaired) electrons. The van der Waals surface area contributed by atoms with E-state index in [1.54, 1.807) is 0 Å². The highest BCUT2D eigenvalue weighted by molar-refractivity contribution is 5.07. The zero-order valence-corrected chi connectivity index (χ0v) is 4.72. The van der Waals surface area contributed by atoms with Crippen molar-refractivity contribution in [3.63, 3.8) is 0 Å². The van der Waals surface area contributed by atoms with Crippen molar-refractivity contribution in [3.8, 4) is 0 Å². The van der Waals surface area contributed by atoms with Crippen LogP contribution in [0.1, 0.15) is 0 Å². The molecule has 0 spiro atoms. The maximum atomic E-state index is 11.5. The average Bonchev–Trinajstić information content (AvgIpc) is 1.82. The third kappa shape index (κ3) is 2.77. The molecule has 0 rings (SSSR count). The maximum Gasteiger partial charge on any atom is 0.445 e. The number of rotatable bonds is 1. The number of halogens is 7. The highest BCUT2D eigenvalue weighted by atomic mass is 19.4. The second-order valence-corrected chi connectivity index (χ2v) is 1.46. The van der Waals surface area contributed by atoms with Crippen LogP contribution in [0.4, 0.5) is 30.7 Å². The van der Waals surface area contributed by atoms with E-state index in [9.17, 15) is 30.7 Å². The third-order valence-electron chi connectivity index (χ3n) is 0.650. The van der Waals surface area contributed by atoms with Crippen molar-refractivity contribution in [2.75, 3.05) is 0 Å². The molecule has 11 heavy (non-hydrogen) atoms. The van der Waals surface area contributed by atoms with Gasteiger partial charge in [-0.2, -0.15) is 17.6 Å². The van der Waals surface area contributed by atoms with Crippen molar-refractivity contribution in [2.45, 2.75) is 12.6 Å². The normalized spacial score (nSPS) is 15.3. The van der Waals surface area contributed by atoms with Gasteiger partial charge in [-0.1, -0.05) is 0 Å². The highest BCUT2D eigenvalue weighted by Gasteiger charge is 2.40. The van der Waals surface area contributed by atoms with Crippen molar-refractivity contribution in [1.29, 1.82) is 0 Å². The maximum absolute atomic E-state index is 11.5. The quantitative estimate of drug-likeness (QED) is 0.547. The molecule has 0 aromatic carbocycles. The van der Waals surface area contributed by atoms with Gasteiger partial charge in [0.15, 0.2) is 0 Å². The highest BCUT2D eigenvalue weighted by Crippen LogP contribution is 2.31. The predicted octanol–water partition coefficient (Wildman–Crippen LogP) is 2.96. The largest absolute Gasteiger partial charge is 0.445 e. The minimum Gasteiger partial charge on any atom is -0.202 e. The molecule has 0 fully saturated rings. The van der Waals surface area contributed by atoms with Crippen molar-refractivity contribution in [3.05, 3.63) is 11.7 Å². The Hall–Kier alpha value is -0.750. The molecule has 0 heterocycles. The van der Waals surface area contributed by atoms with Crippen molar-refractivity contribution in [2.24, 2.45) is 0 Å². The van der Waals surface area contributed by atoms with Crippen LogP contribution in [0.15, 0.2) is 11.7 Å². The van der Waals surface area contributed by atoms with E-state index in [4.69, 9.17) is 0 Å². The van der Waals surface area contributed by atoms with E-state index in [0.717, 1.165) is 0 Å². The van der Waals surface area contributed by atoms with E-state index in [1.807, 2.05) is 0 Å². The van der Waals surface area contributed by atoms with Crippen LogP contribution >= 0.6 is 0 Å². The SMILES string of the molecule is F/C(=C(/F)C(F)(F)F)C(F)F. The summed E-state index contributed by atoms with van der Waals surface area (Å²) in [6.07, 6.45) is -9.75. The molecular formula is C4HF7. The number of alkyl halides is 5. The minimum absolute atomic E-state index is 3.09. The smallest absolute Gasteiger partial charge is 0.202 e. The van der Waals surface area contributed by atoms with Crippen LogP contribution in [0.2, 0.25) is 0 Å². The topological polar surface area (TPSA) is 0 Å². The minimum atomic E-state index is -5.68. The molecule has 66 valence electrons. The van der Waals surface area contributed by atoms with Gasteiger partial charge in [0.25, 0.3) is 6.43 Å². The molecule has 0 atom stereocenters. The molecule has 0 unspecified atom stereocenters. The second kappa shape index (κ2) is 3.10. The molecule has 0 aliphatic carbocycles. The van der Waals surface area contributed by atoms with Gasteiger partial charge < -0.3 is 0 Å². The fourth-order valence-electron chi connectivity index (χ4n) is 0.231. The van der Waals surface area contributed by atoms with Crippen LogP contribution in [-0.2, 0) is 0 Å². The van der Waals surface area contributed by atoms with Crippen LogP contribution in [0.25, 0.3) is 0 Å². The summed E-state index contributed by atoms with van der Waals surface area (Å²) >= 11 is 0. The fourth-order valence-corrected chi connectivity index (χ4v) is 0.231. The van der Waals surface area contributed by atoms with Crippen LogP contribution < -0.4 is 0 Å². The standard InChI is InChI=1S/C4HF7/c5-1(3(7)8)2(6)4(9,10)11/h3H/b2-1+. The fraction of sp³-hybridized carbons (Fsp3) is 0.500. The first-order valence-electron chi connectivity index (χ1n) is 2.17. The number of allylic oxidation sites excluding steroid dienone is 2. The first kappa shape index (κ1) is 10.2. The molecule has 0 amide bonds. The Morgan fingerprint density at radius 2 is 1.36 bits per heavy atom. The van der Waals surface area contributed by atoms with Gasteiger partial charge in [-0.15, -0.1) is 0 Å². The third-order valence-corrected chi connectivity index (χ3v) is 0.650. The van der Waals surface area contributed by atoms with E-state index in [2.05, 4.69) is 0 Å². The van der Waals surface area contributed by atoms with E-state index < -0.39 is 24.3 Å². The summed E-state index contributed by atoms with van der Waals surface area (Å²) in [7, 11) is 0. The summed E-state index contributed by atoms with van der Waals surface area (Å²) < 4.78 is 78.1. The van der Waals surface area contributed by atoms with E-state index in [1.165, 1.54) is 0 Å². The monoisotopic (exact) mass is 182 g/mol. The summed E-state index contributed by atoms with van der Waals surface area (Å²) in [4.78, 5) is 0. The van der Waals surface area contributed by atoms with E-state index in [-0.39, 0.29) is 0 Å². The van der Waals surface area contributed by atoms with Gasteiger partial charge in [0.1, 0.15) is 0 Å². The van der Waals surface area contributed by atoms with Gasteiger partial charge in [0.2, 0.25) is 11.7 Å². The Morgan fingerprint density at radius 3 is 1.45 bits per heavy atom.